The molecule has 4 rings (SSSR count). The van der Waals surface area contributed by atoms with E-state index in [9.17, 15) is 18.0 Å². The molecule has 1 aliphatic rings. The fourth-order valence-electron chi connectivity index (χ4n) is 2.92. The second-order valence-corrected chi connectivity index (χ2v) is 7.19. The number of carbonyl (C=O) groups is 1. The average Bonchev–Trinajstić information content (AvgIpc) is 3.14. The zero-order chi connectivity index (χ0) is 21.3. The maximum absolute atomic E-state index is 12.9. The van der Waals surface area contributed by atoms with Crippen LogP contribution >= 0.6 is 11.3 Å². The molecule has 3 aromatic rings. The first-order valence-electron chi connectivity index (χ1n) is 8.77. The van der Waals surface area contributed by atoms with Crippen molar-refractivity contribution in [3.63, 3.8) is 0 Å². The zero-order valence-corrected chi connectivity index (χ0v) is 16.4. The number of benzene rings is 2. The van der Waals surface area contributed by atoms with Gasteiger partial charge in [-0.05, 0) is 35.9 Å². The van der Waals surface area contributed by atoms with Crippen LogP contribution in [0.4, 0.5) is 18.9 Å². The van der Waals surface area contributed by atoms with Crippen LogP contribution in [-0.4, -0.2) is 30.5 Å². The van der Waals surface area contributed by atoms with Crippen LogP contribution < -0.4 is 14.9 Å². The van der Waals surface area contributed by atoms with Crippen LogP contribution in [-0.2, 0) is 11.0 Å². The number of nitrogens with one attached hydrogen (secondary N) is 1. The molecule has 0 saturated heterocycles. The van der Waals surface area contributed by atoms with Gasteiger partial charge in [-0.2, -0.15) is 18.3 Å². The van der Waals surface area contributed by atoms with Crippen molar-refractivity contribution in [1.82, 2.24) is 4.68 Å². The minimum atomic E-state index is -4.43. The summed E-state index contributed by atoms with van der Waals surface area (Å²) in [5.74, 6) is 0.317. The number of fused-ring (bicyclic) bond motifs is 1. The van der Waals surface area contributed by atoms with Crippen molar-refractivity contribution in [2.75, 3.05) is 19.0 Å². The van der Waals surface area contributed by atoms with Gasteiger partial charge in [0.1, 0.15) is 5.75 Å². The van der Waals surface area contributed by atoms with Crippen molar-refractivity contribution in [2.45, 2.75) is 6.18 Å². The van der Waals surface area contributed by atoms with Gasteiger partial charge >= 0.3 is 6.18 Å². The van der Waals surface area contributed by atoms with Gasteiger partial charge in [0.05, 0.1) is 23.2 Å². The molecule has 154 valence electrons. The lowest BCUT2D eigenvalue weighted by Gasteiger charge is -2.18. The molecule has 1 aromatic heterocycles. The van der Waals surface area contributed by atoms with Gasteiger partial charge in [0, 0.05) is 18.0 Å². The summed E-state index contributed by atoms with van der Waals surface area (Å²) in [6, 6.07) is 10.2. The highest BCUT2D eigenvalue weighted by molar-refractivity contribution is 7.07. The minimum Gasteiger partial charge on any atom is -0.482 e. The van der Waals surface area contributed by atoms with E-state index >= 15 is 0 Å². The van der Waals surface area contributed by atoms with Crippen molar-refractivity contribution in [2.24, 2.45) is 10.1 Å². The number of ether oxygens (including phenoxy) is 1. The van der Waals surface area contributed by atoms with E-state index in [1.54, 1.807) is 25.2 Å². The number of hydrogen-bond donors (Lipinski definition) is 1. The topological polar surface area (TPSA) is 68.0 Å². The number of thiazole rings is 1. The number of nitrogens with zero attached hydrogens (tertiary/aromatic N) is 3. The Hall–Kier alpha value is -3.40. The highest BCUT2D eigenvalue weighted by atomic mass is 32.1. The van der Waals surface area contributed by atoms with Crippen LogP contribution in [0.25, 0.3) is 11.3 Å². The Morgan fingerprint density at radius 2 is 2.07 bits per heavy atom. The zero-order valence-electron chi connectivity index (χ0n) is 15.6. The van der Waals surface area contributed by atoms with Crippen LogP contribution in [0.1, 0.15) is 11.1 Å². The van der Waals surface area contributed by atoms with Crippen molar-refractivity contribution in [3.8, 4) is 17.0 Å². The van der Waals surface area contributed by atoms with Gasteiger partial charge in [0.2, 0.25) is 4.80 Å². The van der Waals surface area contributed by atoms with Gasteiger partial charge in [0.15, 0.2) is 6.61 Å². The van der Waals surface area contributed by atoms with Crippen LogP contribution in [0.3, 0.4) is 0 Å². The molecule has 0 aliphatic carbocycles. The smallest absolute Gasteiger partial charge is 0.416 e. The fraction of sp³-hybridized carbons (Fsp3) is 0.150. The Kier molecular flexibility index (Phi) is 5.17. The first-order valence-corrected chi connectivity index (χ1v) is 9.65. The molecule has 1 N–H and O–H groups in total. The van der Waals surface area contributed by atoms with Crippen molar-refractivity contribution in [1.29, 1.82) is 0 Å². The largest absolute Gasteiger partial charge is 0.482 e. The Morgan fingerprint density at radius 3 is 2.83 bits per heavy atom. The molecule has 2 heterocycles. The first-order chi connectivity index (χ1) is 14.3. The SMILES string of the molecule is CN=c1scc(-c2ccc3c(c2)NC(=O)CO3)n1/N=C/c1cccc(C(F)(F)F)c1. The molecule has 2 aromatic carbocycles. The molecule has 0 radical (unpaired) electrons. The van der Waals surface area contributed by atoms with E-state index in [0.29, 0.717) is 27.5 Å². The van der Waals surface area contributed by atoms with Crippen molar-refractivity contribution >= 4 is 29.1 Å². The highest BCUT2D eigenvalue weighted by Crippen LogP contribution is 2.33. The second-order valence-electron chi connectivity index (χ2n) is 6.35. The van der Waals surface area contributed by atoms with E-state index in [2.05, 4.69) is 15.4 Å². The van der Waals surface area contributed by atoms with Crippen molar-refractivity contribution < 1.29 is 22.7 Å². The van der Waals surface area contributed by atoms with Gasteiger partial charge < -0.3 is 10.1 Å². The molecule has 0 saturated carbocycles. The third-order valence-corrected chi connectivity index (χ3v) is 5.23. The monoisotopic (exact) mass is 432 g/mol. The summed E-state index contributed by atoms with van der Waals surface area (Å²) in [7, 11) is 1.60. The molecule has 1 amide bonds. The molecular weight excluding hydrogens is 417 g/mol. The number of carbonyl (C=O) groups excluding carboxylic acids is 1. The molecule has 0 fully saturated rings. The molecule has 6 nitrogen and oxygen atoms in total. The molecule has 0 atom stereocenters. The Labute approximate surface area is 173 Å². The number of amides is 1. The number of aromatic nitrogens is 1. The molecule has 30 heavy (non-hydrogen) atoms. The fourth-order valence-corrected chi connectivity index (χ4v) is 3.73. The number of anilines is 1. The lowest BCUT2D eigenvalue weighted by molar-refractivity contribution is -0.137. The third kappa shape index (κ3) is 3.99. The van der Waals surface area contributed by atoms with Crippen LogP contribution in [0.5, 0.6) is 5.75 Å². The predicted octanol–water partition coefficient (Wildman–Crippen LogP) is 3.98. The van der Waals surface area contributed by atoms with Crippen LogP contribution in [0, 0.1) is 0 Å². The van der Waals surface area contributed by atoms with Crippen LogP contribution in [0.2, 0.25) is 0 Å². The van der Waals surface area contributed by atoms with Gasteiger partial charge in [-0.15, -0.1) is 11.3 Å². The molecular formula is C20H15F3N4O2S. The van der Waals surface area contributed by atoms with Crippen molar-refractivity contribution in [3.05, 3.63) is 63.8 Å². The lowest BCUT2D eigenvalue weighted by atomic mass is 10.1. The summed E-state index contributed by atoms with van der Waals surface area (Å²) in [6.45, 7) is -0.0368. The normalized spacial score (nSPS) is 14.5. The Morgan fingerprint density at radius 1 is 1.23 bits per heavy atom. The standard InChI is InChI=1S/C20H15F3N4O2S/c1-24-19-27(25-9-12-3-2-4-14(7-12)20(21,22)23)16(11-30-19)13-5-6-17-15(8-13)26-18(28)10-29-17/h2-9,11H,10H2,1H3,(H,26,28)/b24-19?,25-9+. The number of rotatable bonds is 3. The van der Waals surface area contributed by atoms with Gasteiger partial charge in [-0.3, -0.25) is 9.79 Å². The van der Waals surface area contributed by atoms with E-state index in [1.807, 2.05) is 11.4 Å². The van der Waals surface area contributed by atoms with E-state index in [0.717, 1.165) is 17.7 Å². The maximum Gasteiger partial charge on any atom is 0.416 e. The van der Waals surface area contributed by atoms with E-state index < -0.39 is 11.7 Å². The first kappa shape index (κ1) is 19.9. The summed E-state index contributed by atoms with van der Waals surface area (Å²) in [5, 5.41) is 8.94. The van der Waals surface area contributed by atoms with Gasteiger partial charge in [0.25, 0.3) is 5.91 Å². The predicted molar refractivity (Wildman–Crippen MR) is 108 cm³/mol. The third-order valence-electron chi connectivity index (χ3n) is 4.32. The quantitative estimate of drug-likeness (QED) is 0.637. The summed E-state index contributed by atoms with van der Waals surface area (Å²) in [5.41, 5.74) is 1.52. The second kappa shape index (κ2) is 7.79. The maximum atomic E-state index is 12.9. The molecule has 0 spiro atoms. The Balaban J connectivity index is 1.73. The summed E-state index contributed by atoms with van der Waals surface area (Å²) in [6.07, 6.45) is -3.08. The number of hydrogen-bond acceptors (Lipinski definition) is 5. The summed E-state index contributed by atoms with van der Waals surface area (Å²) in [4.78, 5) is 16.3. The molecule has 1 aliphatic heterocycles. The van der Waals surface area contributed by atoms with Gasteiger partial charge in [-0.1, -0.05) is 12.1 Å². The van der Waals surface area contributed by atoms with Crippen LogP contribution in [0.15, 0.2) is 57.9 Å². The van der Waals surface area contributed by atoms with E-state index in [-0.39, 0.29) is 12.5 Å². The molecule has 0 unspecified atom stereocenters. The Bertz CT molecular complexity index is 1210. The molecule has 0 bridgehead atoms. The van der Waals surface area contributed by atoms with Gasteiger partial charge in [-0.25, -0.2) is 4.68 Å². The minimum absolute atomic E-state index is 0.0368. The molecule has 10 heteroatoms. The summed E-state index contributed by atoms with van der Waals surface area (Å²) >= 11 is 1.34. The number of halogens is 3. The lowest BCUT2D eigenvalue weighted by Crippen LogP contribution is -2.25. The van der Waals surface area contributed by atoms with E-state index in [1.165, 1.54) is 28.3 Å². The van der Waals surface area contributed by atoms with E-state index in [4.69, 9.17) is 4.74 Å². The average molecular weight is 432 g/mol. The number of alkyl halides is 3. The summed E-state index contributed by atoms with van der Waals surface area (Å²) < 4.78 is 45.8. The highest BCUT2D eigenvalue weighted by Gasteiger charge is 2.30.